The van der Waals surface area contributed by atoms with Crippen LogP contribution < -0.4 is 11.5 Å². The summed E-state index contributed by atoms with van der Waals surface area (Å²) in [6.07, 6.45) is 6.40. The maximum absolute atomic E-state index is 12.4. The predicted octanol–water partition coefficient (Wildman–Crippen LogP) is 2.31. The van der Waals surface area contributed by atoms with Crippen molar-refractivity contribution in [1.82, 2.24) is 24.5 Å². The van der Waals surface area contributed by atoms with Crippen LogP contribution in [0.2, 0.25) is 0 Å². The van der Waals surface area contributed by atoms with Crippen LogP contribution in [0.5, 0.6) is 0 Å². The molecule has 2 amide bonds. The predicted molar refractivity (Wildman–Crippen MR) is 134 cm³/mol. The van der Waals surface area contributed by atoms with Crippen molar-refractivity contribution in [2.24, 2.45) is 5.73 Å². The van der Waals surface area contributed by atoms with Crippen LogP contribution in [-0.4, -0.2) is 49.4 Å². The molecule has 0 unspecified atom stereocenters. The first-order chi connectivity index (χ1) is 17.4. The molecule has 0 spiro atoms. The Morgan fingerprint density at radius 3 is 2.58 bits per heavy atom. The minimum atomic E-state index is -0.655. The van der Waals surface area contributed by atoms with Gasteiger partial charge in [0, 0.05) is 24.8 Å². The van der Waals surface area contributed by atoms with Gasteiger partial charge in [-0.2, -0.15) is 15.5 Å². The zero-order chi connectivity index (χ0) is 25.7. The number of nitrogens with zero attached hydrogens (tertiary/aromatic N) is 6. The van der Waals surface area contributed by atoms with Gasteiger partial charge in [0.15, 0.2) is 0 Å². The van der Waals surface area contributed by atoms with E-state index in [1.54, 1.807) is 39.6 Å². The fourth-order valence-corrected chi connectivity index (χ4v) is 4.61. The van der Waals surface area contributed by atoms with E-state index in [-0.39, 0.29) is 23.3 Å². The lowest BCUT2D eigenvalue weighted by atomic mass is 10.0. The van der Waals surface area contributed by atoms with Gasteiger partial charge in [-0.15, -0.1) is 0 Å². The zero-order valence-electron chi connectivity index (χ0n) is 20.1. The van der Waals surface area contributed by atoms with Crippen molar-refractivity contribution >= 4 is 17.6 Å². The Morgan fingerprint density at radius 2 is 1.92 bits per heavy atom. The largest absolute Gasteiger partial charge is 0.383 e. The van der Waals surface area contributed by atoms with E-state index in [4.69, 9.17) is 16.6 Å². The molecule has 1 saturated heterocycles. The molecule has 1 aliphatic rings. The molecule has 0 atom stereocenters. The molecule has 0 radical (unpaired) electrons. The van der Waals surface area contributed by atoms with Gasteiger partial charge < -0.3 is 16.4 Å². The smallest absolute Gasteiger partial charge is 0.298 e. The van der Waals surface area contributed by atoms with Gasteiger partial charge in [0.2, 0.25) is 0 Å². The van der Waals surface area contributed by atoms with E-state index < -0.39 is 5.91 Å². The van der Waals surface area contributed by atoms with Crippen molar-refractivity contribution in [3.05, 3.63) is 53.3 Å². The van der Waals surface area contributed by atoms with Gasteiger partial charge in [0.1, 0.15) is 17.1 Å². The molecule has 1 aliphatic heterocycles. The summed E-state index contributed by atoms with van der Waals surface area (Å²) in [4.78, 5) is 26.3. The summed E-state index contributed by atoms with van der Waals surface area (Å²) in [7, 11) is 0. The molecule has 10 heteroatoms. The number of primary amides is 1. The van der Waals surface area contributed by atoms with Crippen LogP contribution in [0.1, 0.15) is 60.1 Å². The number of benzene rings is 1. The summed E-state index contributed by atoms with van der Waals surface area (Å²) >= 11 is 0. The Morgan fingerprint density at radius 1 is 1.19 bits per heavy atom. The second-order valence-corrected chi connectivity index (χ2v) is 8.72. The number of anilines is 1. The van der Waals surface area contributed by atoms with E-state index in [1.165, 1.54) is 0 Å². The highest BCUT2D eigenvalue weighted by Gasteiger charge is 2.27. The number of likely N-dealkylation sites (tertiary alicyclic amines) is 1. The number of nitrogen functional groups attached to an aromatic ring is 1. The van der Waals surface area contributed by atoms with E-state index in [9.17, 15) is 14.9 Å². The highest BCUT2D eigenvalue weighted by Crippen LogP contribution is 2.32. The maximum atomic E-state index is 12.4. The average molecular weight is 485 g/mol. The minimum absolute atomic E-state index is 0.0242. The minimum Gasteiger partial charge on any atom is -0.383 e. The third kappa shape index (κ3) is 5.08. The zero-order valence-corrected chi connectivity index (χ0v) is 20.1. The second-order valence-electron chi connectivity index (χ2n) is 8.72. The molecule has 3 heterocycles. The summed E-state index contributed by atoms with van der Waals surface area (Å²) in [5, 5.41) is 18.5. The standard InChI is InChI=1S/C26H28N8O2/c1-2-7-22(35)32-12-5-10-21(11-6-13-32)34-25(28)23(26(29)36)24(31-34)20-15-30-33(17-20)16-19-9-4-3-8-18(19)14-27/h3-4,8-9,15,17,21H,5-6,10-13,16,28H2,1H3,(H2,29,36). The number of hydrogen-bond acceptors (Lipinski definition) is 6. The molecule has 4 rings (SSSR count). The Hall–Kier alpha value is -4.57. The van der Waals surface area contributed by atoms with Crippen molar-refractivity contribution in [3.63, 3.8) is 0 Å². The quantitative estimate of drug-likeness (QED) is 0.531. The Balaban J connectivity index is 1.58. The van der Waals surface area contributed by atoms with Crippen LogP contribution in [0.15, 0.2) is 36.7 Å². The van der Waals surface area contributed by atoms with Gasteiger partial charge in [0.25, 0.3) is 11.8 Å². The number of aromatic nitrogens is 4. The summed E-state index contributed by atoms with van der Waals surface area (Å²) in [6, 6.07) is 9.48. The molecule has 3 aromatic rings. The van der Waals surface area contributed by atoms with E-state index >= 15 is 0 Å². The van der Waals surface area contributed by atoms with E-state index in [2.05, 4.69) is 23.0 Å². The molecule has 4 N–H and O–H groups in total. The van der Waals surface area contributed by atoms with E-state index in [1.807, 2.05) is 18.2 Å². The summed E-state index contributed by atoms with van der Waals surface area (Å²) < 4.78 is 3.38. The van der Waals surface area contributed by atoms with Gasteiger partial charge in [0.05, 0.1) is 30.4 Å². The van der Waals surface area contributed by atoms with Gasteiger partial charge in [-0.05, 0) is 50.2 Å². The highest BCUT2D eigenvalue weighted by atomic mass is 16.2. The topological polar surface area (TPSA) is 149 Å². The van der Waals surface area contributed by atoms with Crippen LogP contribution in [0.3, 0.4) is 0 Å². The Kier molecular flexibility index (Phi) is 7.36. The third-order valence-electron chi connectivity index (χ3n) is 6.37. The number of carbonyl (C=O) groups excluding carboxylic acids is 2. The molecule has 36 heavy (non-hydrogen) atoms. The van der Waals surface area contributed by atoms with Crippen LogP contribution in [-0.2, 0) is 11.3 Å². The highest BCUT2D eigenvalue weighted by molar-refractivity contribution is 6.03. The number of rotatable bonds is 5. The molecule has 10 nitrogen and oxygen atoms in total. The number of nitrogens with two attached hydrogens (primary N) is 2. The molecule has 1 aromatic carbocycles. The SMILES string of the molecule is CC#CC(=O)N1CCCC(n2nc(-c3cnn(Cc4ccccc4C#N)c3)c(C(N)=O)c2N)CCC1. The summed E-state index contributed by atoms with van der Waals surface area (Å²) in [5.41, 5.74) is 14.7. The van der Waals surface area contributed by atoms with E-state index in [0.29, 0.717) is 36.5 Å². The van der Waals surface area contributed by atoms with Crippen molar-refractivity contribution in [1.29, 1.82) is 5.26 Å². The monoisotopic (exact) mass is 484 g/mol. The Labute approximate surface area is 209 Å². The number of carbonyl (C=O) groups is 2. The van der Waals surface area contributed by atoms with Crippen LogP contribution >= 0.6 is 0 Å². The lowest BCUT2D eigenvalue weighted by Crippen LogP contribution is -2.34. The molecule has 2 aromatic heterocycles. The van der Waals surface area contributed by atoms with Crippen LogP contribution in [0.25, 0.3) is 11.3 Å². The fraction of sp³-hybridized carbons (Fsp3) is 0.346. The van der Waals surface area contributed by atoms with Gasteiger partial charge >= 0.3 is 0 Å². The van der Waals surface area contributed by atoms with Crippen molar-refractivity contribution < 1.29 is 9.59 Å². The average Bonchev–Trinajstić information content (AvgIpc) is 3.44. The molecular formula is C26H28N8O2. The van der Waals surface area contributed by atoms with Crippen molar-refractivity contribution in [2.75, 3.05) is 18.8 Å². The number of nitriles is 1. The molecule has 184 valence electrons. The number of amides is 2. The van der Waals surface area contributed by atoms with Gasteiger partial charge in [-0.25, -0.2) is 4.68 Å². The molecular weight excluding hydrogens is 456 g/mol. The first kappa shape index (κ1) is 24.6. The summed E-state index contributed by atoms with van der Waals surface area (Å²) in [5.74, 6) is 4.69. The van der Waals surface area contributed by atoms with Crippen molar-refractivity contribution in [3.8, 4) is 29.2 Å². The third-order valence-corrected chi connectivity index (χ3v) is 6.37. The summed E-state index contributed by atoms with van der Waals surface area (Å²) in [6.45, 7) is 3.27. The Bertz CT molecular complexity index is 1370. The normalized spacial score (nSPS) is 14.3. The van der Waals surface area contributed by atoms with Crippen molar-refractivity contribution in [2.45, 2.75) is 45.2 Å². The maximum Gasteiger partial charge on any atom is 0.298 e. The van der Waals surface area contributed by atoms with Crippen LogP contribution in [0, 0.1) is 23.2 Å². The first-order valence-corrected chi connectivity index (χ1v) is 11.8. The fourth-order valence-electron chi connectivity index (χ4n) is 4.61. The molecule has 0 aliphatic carbocycles. The lowest BCUT2D eigenvalue weighted by Gasteiger charge is -2.27. The lowest BCUT2D eigenvalue weighted by molar-refractivity contribution is -0.125. The van der Waals surface area contributed by atoms with E-state index in [0.717, 1.165) is 31.2 Å². The first-order valence-electron chi connectivity index (χ1n) is 11.8. The molecule has 0 saturated carbocycles. The molecule has 0 bridgehead atoms. The van der Waals surface area contributed by atoms with Crippen LogP contribution in [0.4, 0.5) is 5.82 Å². The molecule has 1 fully saturated rings. The van der Waals surface area contributed by atoms with Gasteiger partial charge in [-0.1, -0.05) is 24.1 Å². The second kappa shape index (κ2) is 10.8. The van der Waals surface area contributed by atoms with Gasteiger partial charge in [-0.3, -0.25) is 14.3 Å². The number of hydrogen-bond donors (Lipinski definition) is 2.